The van der Waals surface area contributed by atoms with E-state index in [0.717, 1.165) is 24.9 Å². The summed E-state index contributed by atoms with van der Waals surface area (Å²) in [5.41, 5.74) is 0.889. The first kappa shape index (κ1) is 17.1. The number of benzene rings is 1. The standard InChI is InChI=1S/C15H26N2O2S/c1-5-11-17-12(3)13(6-2)14-9-7-8-10-15(14)20(18,19)16-4/h7-10,12-13,16-17H,5-6,11H2,1-4H3. The largest absolute Gasteiger partial charge is 0.314 e. The predicted octanol–water partition coefficient (Wildman–Crippen LogP) is 2.48. The molecule has 2 unspecified atom stereocenters. The minimum atomic E-state index is -3.42. The zero-order valence-corrected chi connectivity index (χ0v) is 13.6. The minimum absolute atomic E-state index is 0.181. The molecule has 1 rings (SSSR count). The number of rotatable bonds is 8. The van der Waals surface area contributed by atoms with Gasteiger partial charge < -0.3 is 5.32 Å². The fraction of sp³-hybridized carbons (Fsp3) is 0.600. The summed E-state index contributed by atoms with van der Waals surface area (Å²) in [7, 11) is -1.97. The van der Waals surface area contributed by atoms with Gasteiger partial charge in [-0.05, 0) is 45.0 Å². The number of sulfonamides is 1. The third-order valence-electron chi connectivity index (χ3n) is 3.64. The molecule has 0 amide bonds. The Labute approximate surface area is 123 Å². The van der Waals surface area contributed by atoms with E-state index in [1.165, 1.54) is 7.05 Å². The molecule has 0 aliphatic carbocycles. The van der Waals surface area contributed by atoms with Gasteiger partial charge in [-0.25, -0.2) is 13.1 Å². The lowest BCUT2D eigenvalue weighted by Gasteiger charge is -2.26. The summed E-state index contributed by atoms with van der Waals surface area (Å²) in [4.78, 5) is 0.388. The van der Waals surface area contributed by atoms with Crippen molar-refractivity contribution >= 4 is 10.0 Å². The van der Waals surface area contributed by atoms with Gasteiger partial charge in [0.05, 0.1) is 4.90 Å². The summed E-state index contributed by atoms with van der Waals surface area (Å²) in [5.74, 6) is 0.181. The zero-order valence-electron chi connectivity index (χ0n) is 12.8. The molecule has 1 aromatic carbocycles. The van der Waals surface area contributed by atoms with Gasteiger partial charge in [0, 0.05) is 12.0 Å². The number of nitrogens with one attached hydrogen (secondary N) is 2. The maximum absolute atomic E-state index is 12.1. The van der Waals surface area contributed by atoms with E-state index in [2.05, 4.69) is 30.8 Å². The predicted molar refractivity (Wildman–Crippen MR) is 83.5 cm³/mol. The summed E-state index contributed by atoms with van der Waals surface area (Å²) < 4.78 is 26.7. The zero-order chi connectivity index (χ0) is 15.2. The van der Waals surface area contributed by atoms with Crippen LogP contribution in [0.2, 0.25) is 0 Å². The highest BCUT2D eigenvalue weighted by Crippen LogP contribution is 2.29. The van der Waals surface area contributed by atoms with E-state index in [4.69, 9.17) is 0 Å². The quantitative estimate of drug-likeness (QED) is 0.775. The summed E-state index contributed by atoms with van der Waals surface area (Å²) in [6.07, 6.45) is 1.96. The van der Waals surface area contributed by atoms with Crippen LogP contribution >= 0.6 is 0 Å². The Balaban J connectivity index is 3.16. The molecular weight excluding hydrogens is 272 g/mol. The molecule has 0 saturated carbocycles. The maximum atomic E-state index is 12.1. The van der Waals surface area contributed by atoms with E-state index in [1.807, 2.05) is 12.1 Å². The summed E-state index contributed by atoms with van der Waals surface area (Å²) in [6, 6.07) is 7.51. The summed E-state index contributed by atoms with van der Waals surface area (Å²) in [5, 5.41) is 3.46. The molecule has 0 radical (unpaired) electrons. The lowest BCUT2D eigenvalue weighted by atomic mass is 9.90. The first-order valence-electron chi connectivity index (χ1n) is 7.23. The molecule has 20 heavy (non-hydrogen) atoms. The highest BCUT2D eigenvalue weighted by molar-refractivity contribution is 7.89. The highest BCUT2D eigenvalue weighted by atomic mass is 32.2. The Morgan fingerprint density at radius 1 is 1.20 bits per heavy atom. The van der Waals surface area contributed by atoms with Gasteiger partial charge in [-0.3, -0.25) is 0 Å². The number of hydrogen-bond acceptors (Lipinski definition) is 3. The van der Waals surface area contributed by atoms with Crippen LogP contribution in [0.3, 0.4) is 0 Å². The lowest BCUT2D eigenvalue weighted by Crippen LogP contribution is -2.33. The molecule has 2 atom stereocenters. The van der Waals surface area contributed by atoms with Gasteiger partial charge in [0.15, 0.2) is 0 Å². The normalized spacial score (nSPS) is 15.0. The van der Waals surface area contributed by atoms with Gasteiger partial charge >= 0.3 is 0 Å². The molecule has 0 heterocycles. The van der Waals surface area contributed by atoms with E-state index in [1.54, 1.807) is 12.1 Å². The Bertz CT molecular complexity index is 514. The van der Waals surface area contributed by atoms with Gasteiger partial charge in [0.25, 0.3) is 0 Å². The fourth-order valence-corrected chi connectivity index (χ4v) is 3.51. The molecule has 2 N–H and O–H groups in total. The van der Waals surface area contributed by atoms with Crippen LogP contribution in [0.5, 0.6) is 0 Å². The molecule has 5 heteroatoms. The van der Waals surface area contributed by atoms with E-state index in [-0.39, 0.29) is 12.0 Å². The van der Waals surface area contributed by atoms with Crippen LogP contribution < -0.4 is 10.0 Å². The molecule has 4 nitrogen and oxygen atoms in total. The number of hydrogen-bond donors (Lipinski definition) is 2. The average molecular weight is 298 g/mol. The van der Waals surface area contributed by atoms with Crippen LogP contribution in [0.15, 0.2) is 29.2 Å². The van der Waals surface area contributed by atoms with Crippen LogP contribution in [-0.4, -0.2) is 28.1 Å². The Morgan fingerprint density at radius 3 is 2.40 bits per heavy atom. The van der Waals surface area contributed by atoms with Crippen molar-refractivity contribution < 1.29 is 8.42 Å². The minimum Gasteiger partial charge on any atom is -0.314 e. The van der Waals surface area contributed by atoms with Crippen molar-refractivity contribution in [3.8, 4) is 0 Å². The molecule has 0 bridgehead atoms. The topological polar surface area (TPSA) is 58.2 Å². The van der Waals surface area contributed by atoms with Crippen molar-refractivity contribution in [3.05, 3.63) is 29.8 Å². The van der Waals surface area contributed by atoms with E-state index in [0.29, 0.717) is 4.90 Å². The van der Waals surface area contributed by atoms with E-state index >= 15 is 0 Å². The lowest BCUT2D eigenvalue weighted by molar-refractivity contribution is 0.445. The fourth-order valence-electron chi connectivity index (χ4n) is 2.50. The van der Waals surface area contributed by atoms with Crippen molar-refractivity contribution in [3.63, 3.8) is 0 Å². The average Bonchev–Trinajstić information content (AvgIpc) is 2.46. The third-order valence-corrected chi connectivity index (χ3v) is 5.12. The highest BCUT2D eigenvalue weighted by Gasteiger charge is 2.24. The van der Waals surface area contributed by atoms with Crippen molar-refractivity contribution in [1.29, 1.82) is 0 Å². The van der Waals surface area contributed by atoms with Crippen LogP contribution in [0.25, 0.3) is 0 Å². The monoisotopic (exact) mass is 298 g/mol. The van der Waals surface area contributed by atoms with Gasteiger partial charge in [0.1, 0.15) is 0 Å². The van der Waals surface area contributed by atoms with E-state index in [9.17, 15) is 8.42 Å². The smallest absolute Gasteiger partial charge is 0.240 e. The van der Waals surface area contributed by atoms with Crippen LogP contribution in [0.1, 0.15) is 45.1 Å². The molecule has 0 aromatic heterocycles. The second-order valence-electron chi connectivity index (χ2n) is 5.00. The van der Waals surface area contributed by atoms with Gasteiger partial charge in [-0.15, -0.1) is 0 Å². The van der Waals surface area contributed by atoms with Gasteiger partial charge in [-0.2, -0.15) is 0 Å². The second-order valence-corrected chi connectivity index (χ2v) is 6.86. The van der Waals surface area contributed by atoms with Crippen molar-refractivity contribution in [2.45, 2.75) is 50.5 Å². The molecular formula is C15H26N2O2S. The molecule has 0 aliphatic heterocycles. The van der Waals surface area contributed by atoms with Crippen LogP contribution in [-0.2, 0) is 10.0 Å². The maximum Gasteiger partial charge on any atom is 0.240 e. The Morgan fingerprint density at radius 2 is 1.85 bits per heavy atom. The van der Waals surface area contributed by atoms with Crippen molar-refractivity contribution in [1.82, 2.24) is 10.0 Å². The Kier molecular flexibility index (Phi) is 6.65. The van der Waals surface area contributed by atoms with Crippen molar-refractivity contribution in [2.24, 2.45) is 0 Å². The first-order chi connectivity index (χ1) is 9.47. The molecule has 0 aliphatic rings. The molecule has 0 spiro atoms. The molecule has 114 valence electrons. The van der Waals surface area contributed by atoms with E-state index < -0.39 is 10.0 Å². The van der Waals surface area contributed by atoms with Crippen LogP contribution in [0, 0.1) is 0 Å². The SMILES string of the molecule is CCCNC(C)C(CC)c1ccccc1S(=O)(=O)NC. The van der Waals surface area contributed by atoms with Gasteiger partial charge in [0.2, 0.25) is 10.0 Å². The Hall–Kier alpha value is -0.910. The summed E-state index contributed by atoms with van der Waals surface area (Å²) in [6.45, 7) is 7.28. The van der Waals surface area contributed by atoms with Gasteiger partial charge in [-0.1, -0.05) is 32.0 Å². The second kappa shape index (κ2) is 7.76. The van der Waals surface area contributed by atoms with Crippen molar-refractivity contribution in [2.75, 3.05) is 13.6 Å². The van der Waals surface area contributed by atoms with Crippen LogP contribution in [0.4, 0.5) is 0 Å². The summed E-state index contributed by atoms with van der Waals surface area (Å²) >= 11 is 0. The molecule has 0 fully saturated rings. The third kappa shape index (κ3) is 4.04. The molecule has 0 saturated heterocycles. The molecule has 1 aromatic rings. The first-order valence-corrected chi connectivity index (χ1v) is 8.72.